The average Bonchev–Trinajstić information content (AvgIpc) is 3.41. The molecule has 1 atom stereocenters. The number of nitriles is 1. The normalized spacial score (nSPS) is 14.7. The van der Waals surface area contributed by atoms with Gasteiger partial charge in [-0.2, -0.15) is 13.7 Å². The van der Waals surface area contributed by atoms with Crippen molar-refractivity contribution in [3.63, 3.8) is 0 Å². The van der Waals surface area contributed by atoms with Crippen LogP contribution in [0.15, 0.2) is 83.9 Å². The van der Waals surface area contributed by atoms with Crippen LogP contribution in [0.2, 0.25) is 0 Å². The van der Waals surface area contributed by atoms with Crippen LogP contribution >= 0.6 is 0 Å². The average molecular weight is 657 g/mol. The summed E-state index contributed by atoms with van der Waals surface area (Å²) in [5.74, 6) is -0.400. The summed E-state index contributed by atoms with van der Waals surface area (Å²) >= 11 is 0. The Hall–Kier alpha value is -3.89. The van der Waals surface area contributed by atoms with Crippen LogP contribution in [0.1, 0.15) is 73.6 Å². The highest BCUT2D eigenvalue weighted by Crippen LogP contribution is 2.40. The number of nitrogens with two attached hydrogens (primary N) is 1. The van der Waals surface area contributed by atoms with E-state index >= 15 is 0 Å². The highest BCUT2D eigenvalue weighted by molar-refractivity contribution is 7.85. The van der Waals surface area contributed by atoms with E-state index in [0.717, 1.165) is 47.8 Å². The van der Waals surface area contributed by atoms with Crippen LogP contribution in [0.3, 0.4) is 0 Å². The Morgan fingerprint density at radius 1 is 1.02 bits per heavy atom. The topological polar surface area (TPSA) is 130 Å². The molecule has 46 heavy (non-hydrogen) atoms. The Kier molecular flexibility index (Phi) is 12.2. The Labute approximate surface area is 267 Å². The minimum atomic E-state index is -4.75. The van der Waals surface area contributed by atoms with Crippen LogP contribution in [0.5, 0.6) is 5.75 Å². The predicted molar refractivity (Wildman–Crippen MR) is 171 cm³/mol. The summed E-state index contributed by atoms with van der Waals surface area (Å²) in [7, 11) is -4.00. The number of hydrogen-bond acceptors (Lipinski definition) is 6. The zero-order chi connectivity index (χ0) is 33.2. The third-order valence-corrected chi connectivity index (χ3v) is 8.91. The lowest BCUT2D eigenvalue weighted by Gasteiger charge is -2.24. The molecule has 0 bridgehead atoms. The highest BCUT2D eigenvalue weighted by Gasteiger charge is 2.31. The minimum Gasteiger partial charge on any atom is -0.406 e. The Balaban J connectivity index is 0.000000409. The van der Waals surface area contributed by atoms with Gasteiger partial charge in [0.15, 0.2) is 0 Å². The van der Waals surface area contributed by atoms with E-state index in [1.807, 2.05) is 24.3 Å². The number of benzene rings is 3. The quantitative estimate of drug-likeness (QED) is 0.114. The van der Waals surface area contributed by atoms with E-state index in [2.05, 4.69) is 26.9 Å². The minimum absolute atomic E-state index is 0.0741. The second-order valence-electron chi connectivity index (χ2n) is 11.3. The summed E-state index contributed by atoms with van der Waals surface area (Å²) in [6.45, 7) is 2.06. The van der Waals surface area contributed by atoms with Crippen LogP contribution in [0, 0.1) is 11.3 Å². The highest BCUT2D eigenvalue weighted by atomic mass is 32.2. The third kappa shape index (κ3) is 9.80. The van der Waals surface area contributed by atoms with Crippen molar-refractivity contribution in [3.05, 3.63) is 95.7 Å². The molecule has 0 spiro atoms. The fourth-order valence-corrected chi connectivity index (χ4v) is 6.41. The van der Waals surface area contributed by atoms with Crippen LogP contribution in [-0.2, 0) is 10.1 Å². The number of fused-ring (bicyclic) bond motifs is 1. The molecular formula is C34H39F3N4O4S. The molecule has 1 aliphatic rings. The zero-order valence-corrected chi connectivity index (χ0v) is 26.2. The monoisotopic (exact) mass is 656 g/mol. The van der Waals surface area contributed by atoms with Gasteiger partial charge in [-0.15, -0.1) is 13.2 Å². The lowest BCUT2D eigenvalue weighted by molar-refractivity contribution is -0.274. The summed E-state index contributed by atoms with van der Waals surface area (Å²) in [5.41, 5.74) is 9.02. The van der Waals surface area contributed by atoms with E-state index in [4.69, 9.17) is 10.3 Å². The first-order valence-electron chi connectivity index (χ1n) is 15.3. The molecule has 4 N–H and O–H groups in total. The molecule has 0 radical (unpaired) electrons. The fraction of sp³-hybridized carbons (Fsp3) is 0.382. The van der Waals surface area contributed by atoms with Crippen LogP contribution in [-0.4, -0.2) is 43.5 Å². The fourth-order valence-electron chi connectivity index (χ4n) is 5.91. The van der Waals surface area contributed by atoms with Gasteiger partial charge in [-0.25, -0.2) is 0 Å². The summed E-state index contributed by atoms with van der Waals surface area (Å²) in [6, 6.07) is 22.1. The molecule has 3 aromatic carbocycles. The zero-order valence-electron chi connectivity index (χ0n) is 25.4. The van der Waals surface area contributed by atoms with Gasteiger partial charge in [-0.1, -0.05) is 49.6 Å². The summed E-state index contributed by atoms with van der Waals surface area (Å²) in [4.78, 5) is -0.0741. The predicted octanol–water partition coefficient (Wildman–Crippen LogP) is 7.31. The molecule has 0 amide bonds. The maximum atomic E-state index is 12.9. The SMILES string of the molecule is N#Cc1ccc2c(c1)c(C(CCNCCCN)c1cccc(OC(F)(F)F)c1)cn2C1CCCCC1.O=S(=O)(O)c1ccccc1. The Morgan fingerprint density at radius 2 is 1.76 bits per heavy atom. The number of nitrogens with one attached hydrogen (secondary N) is 1. The van der Waals surface area contributed by atoms with E-state index < -0.39 is 16.5 Å². The first-order valence-corrected chi connectivity index (χ1v) is 16.8. The molecule has 12 heteroatoms. The number of halogens is 3. The van der Waals surface area contributed by atoms with Gasteiger partial charge in [0.2, 0.25) is 0 Å². The van der Waals surface area contributed by atoms with Gasteiger partial charge < -0.3 is 20.4 Å². The second-order valence-corrected chi connectivity index (χ2v) is 12.7. The lowest BCUT2D eigenvalue weighted by Crippen LogP contribution is -2.21. The van der Waals surface area contributed by atoms with Crippen molar-refractivity contribution < 1.29 is 30.9 Å². The molecular weight excluding hydrogens is 617 g/mol. The molecule has 8 nitrogen and oxygen atoms in total. The summed E-state index contributed by atoms with van der Waals surface area (Å²) in [6.07, 6.45) is 4.76. The molecule has 1 heterocycles. The lowest BCUT2D eigenvalue weighted by atomic mass is 9.88. The largest absolute Gasteiger partial charge is 0.573 e. The third-order valence-electron chi connectivity index (χ3n) is 8.04. The Morgan fingerprint density at radius 3 is 2.39 bits per heavy atom. The molecule has 5 rings (SSSR count). The van der Waals surface area contributed by atoms with Gasteiger partial charge in [0, 0.05) is 29.1 Å². The maximum absolute atomic E-state index is 12.9. The van der Waals surface area contributed by atoms with Gasteiger partial charge in [-0.05, 0) is 98.9 Å². The standard InChI is InChI=1S/C28H33F3N4O.C6H6O3S/c29-28(30,31)36-23-9-4-6-21(17-23)24(12-15-34-14-5-13-32)26-19-35(22-7-2-1-3-8-22)27-11-10-20(18-33)16-25(26)27;7-10(8,9)6-4-2-1-3-5-6/h4,6,9-11,16-17,19,22,24,34H,1-3,5,7-8,12-15,32H2;1-5H,(H,7,8,9). The first-order chi connectivity index (χ1) is 22.0. The first kappa shape index (κ1) is 35.0. The van der Waals surface area contributed by atoms with E-state index in [-0.39, 0.29) is 16.6 Å². The summed E-state index contributed by atoms with van der Waals surface area (Å²) < 4.78 is 74.6. The van der Waals surface area contributed by atoms with Gasteiger partial charge in [0.1, 0.15) is 5.75 Å². The summed E-state index contributed by atoms with van der Waals surface area (Å²) in [5, 5.41) is 13.9. The molecule has 0 aliphatic heterocycles. The number of rotatable bonds is 11. The number of nitrogens with zero attached hydrogens (tertiary/aromatic N) is 2. The van der Waals surface area contributed by atoms with Crippen molar-refractivity contribution in [2.24, 2.45) is 5.73 Å². The van der Waals surface area contributed by atoms with Gasteiger partial charge in [-0.3, -0.25) is 4.55 Å². The number of aromatic nitrogens is 1. The molecule has 1 saturated carbocycles. The molecule has 4 aromatic rings. The van der Waals surface area contributed by atoms with Crippen LogP contribution < -0.4 is 15.8 Å². The molecule has 1 aliphatic carbocycles. The van der Waals surface area contributed by atoms with Gasteiger partial charge in [0.25, 0.3) is 10.1 Å². The Bertz CT molecular complexity index is 1710. The molecule has 0 saturated heterocycles. The van der Waals surface area contributed by atoms with Crippen LogP contribution in [0.25, 0.3) is 10.9 Å². The van der Waals surface area contributed by atoms with Crippen LogP contribution in [0.4, 0.5) is 13.2 Å². The second kappa shape index (κ2) is 16.1. The maximum Gasteiger partial charge on any atom is 0.573 e. The van der Waals surface area contributed by atoms with Crippen molar-refractivity contribution in [1.29, 1.82) is 5.26 Å². The van der Waals surface area contributed by atoms with Crippen molar-refractivity contribution in [2.45, 2.75) is 68.2 Å². The van der Waals surface area contributed by atoms with E-state index in [1.165, 1.54) is 43.5 Å². The molecule has 1 aromatic heterocycles. The van der Waals surface area contributed by atoms with Crippen molar-refractivity contribution in [1.82, 2.24) is 9.88 Å². The number of hydrogen-bond donors (Lipinski definition) is 3. The van der Waals surface area contributed by atoms with E-state index in [0.29, 0.717) is 31.1 Å². The van der Waals surface area contributed by atoms with Crippen molar-refractivity contribution >= 4 is 21.0 Å². The smallest absolute Gasteiger partial charge is 0.406 e. The van der Waals surface area contributed by atoms with E-state index in [9.17, 15) is 26.9 Å². The molecule has 1 fully saturated rings. The number of ether oxygens (including phenoxy) is 1. The molecule has 1 unspecified atom stereocenters. The van der Waals surface area contributed by atoms with Gasteiger partial charge >= 0.3 is 6.36 Å². The van der Waals surface area contributed by atoms with Gasteiger partial charge in [0.05, 0.1) is 16.5 Å². The van der Waals surface area contributed by atoms with Crippen molar-refractivity contribution in [2.75, 3.05) is 19.6 Å². The molecule has 246 valence electrons. The van der Waals surface area contributed by atoms with E-state index in [1.54, 1.807) is 24.3 Å². The van der Waals surface area contributed by atoms with Crippen molar-refractivity contribution in [3.8, 4) is 11.8 Å². The number of alkyl halides is 3.